The number of Topliss-reactive ketones (excluding diaryl/α,β-unsaturated/α-hetero) is 1. The lowest BCUT2D eigenvalue weighted by Gasteiger charge is -2.17. The molecule has 1 aliphatic carbocycles. The maximum atomic E-state index is 12.5. The summed E-state index contributed by atoms with van der Waals surface area (Å²) in [6, 6.07) is 11.6. The van der Waals surface area contributed by atoms with Crippen molar-refractivity contribution in [3.63, 3.8) is 0 Å². The van der Waals surface area contributed by atoms with Crippen LogP contribution >= 0.6 is 0 Å². The van der Waals surface area contributed by atoms with E-state index in [-0.39, 0.29) is 17.2 Å². The summed E-state index contributed by atoms with van der Waals surface area (Å²) in [4.78, 5) is 22.7. The molecule has 0 aliphatic heterocycles. The molecule has 2 aromatic carbocycles. The zero-order chi connectivity index (χ0) is 15.7. The summed E-state index contributed by atoms with van der Waals surface area (Å²) in [5.41, 5.74) is 2.51. The monoisotopic (exact) mass is 295 g/mol. The van der Waals surface area contributed by atoms with Crippen molar-refractivity contribution in [1.29, 1.82) is 0 Å². The van der Waals surface area contributed by atoms with Gasteiger partial charge in [-0.25, -0.2) is 0 Å². The molecule has 22 heavy (non-hydrogen) atoms. The lowest BCUT2D eigenvalue weighted by Crippen LogP contribution is -2.13. The third-order valence-corrected chi connectivity index (χ3v) is 3.75. The minimum absolute atomic E-state index is 0.0439. The number of benzene rings is 2. The van der Waals surface area contributed by atoms with Crippen molar-refractivity contribution in [2.75, 3.05) is 0 Å². The van der Waals surface area contributed by atoms with E-state index in [1.54, 1.807) is 18.2 Å². The van der Waals surface area contributed by atoms with E-state index in [1.807, 2.05) is 18.2 Å². The van der Waals surface area contributed by atoms with E-state index in [9.17, 15) is 20.0 Å². The minimum atomic E-state index is -0.644. The smallest absolute Gasteiger partial charge is 0.311 e. The molecule has 1 aliphatic rings. The summed E-state index contributed by atoms with van der Waals surface area (Å²) >= 11 is 0. The Labute approximate surface area is 126 Å². The molecular formula is C17H13NO4. The number of ketones is 1. The van der Waals surface area contributed by atoms with Crippen LogP contribution in [-0.2, 0) is 6.42 Å². The van der Waals surface area contributed by atoms with Gasteiger partial charge in [0.1, 0.15) is 0 Å². The number of phenolic OH excluding ortho intramolecular Hbond substituents is 1. The molecule has 0 fully saturated rings. The Hall–Kier alpha value is -2.95. The Morgan fingerprint density at radius 1 is 1.14 bits per heavy atom. The van der Waals surface area contributed by atoms with Crippen LogP contribution in [-0.4, -0.2) is 15.8 Å². The molecule has 0 bridgehead atoms. The molecule has 0 spiro atoms. The molecule has 110 valence electrons. The summed E-state index contributed by atoms with van der Waals surface area (Å²) in [6.07, 6.45) is 3.03. The number of carbonyl (C=O) groups excluding carboxylic acids is 1. The molecule has 0 radical (unpaired) electrons. The fourth-order valence-corrected chi connectivity index (χ4v) is 2.63. The van der Waals surface area contributed by atoms with Crippen molar-refractivity contribution in [1.82, 2.24) is 0 Å². The van der Waals surface area contributed by atoms with Gasteiger partial charge >= 0.3 is 5.69 Å². The molecule has 0 unspecified atom stereocenters. The second-order valence-corrected chi connectivity index (χ2v) is 5.16. The van der Waals surface area contributed by atoms with Gasteiger partial charge in [0.25, 0.3) is 0 Å². The Kier molecular flexibility index (Phi) is 3.47. The van der Waals surface area contributed by atoms with Gasteiger partial charge in [0.15, 0.2) is 11.5 Å². The highest BCUT2D eigenvalue weighted by molar-refractivity contribution is 6.13. The molecule has 5 heteroatoms. The maximum Gasteiger partial charge on any atom is 0.311 e. The Morgan fingerprint density at radius 3 is 2.68 bits per heavy atom. The normalized spacial score (nSPS) is 15.6. The molecule has 0 saturated carbocycles. The van der Waals surface area contributed by atoms with Gasteiger partial charge in [-0.05, 0) is 36.1 Å². The van der Waals surface area contributed by atoms with Gasteiger partial charge in [0, 0.05) is 17.2 Å². The van der Waals surface area contributed by atoms with Crippen LogP contribution in [0.3, 0.4) is 0 Å². The number of fused-ring (bicyclic) bond motifs is 1. The van der Waals surface area contributed by atoms with Gasteiger partial charge in [-0.15, -0.1) is 0 Å². The Morgan fingerprint density at radius 2 is 1.91 bits per heavy atom. The van der Waals surface area contributed by atoms with E-state index in [0.29, 0.717) is 23.1 Å². The van der Waals surface area contributed by atoms with Crippen molar-refractivity contribution in [3.05, 3.63) is 74.8 Å². The van der Waals surface area contributed by atoms with Crippen molar-refractivity contribution < 1.29 is 14.8 Å². The summed E-state index contributed by atoms with van der Waals surface area (Å²) in [7, 11) is 0. The molecule has 2 aromatic rings. The van der Waals surface area contributed by atoms with E-state index < -0.39 is 4.92 Å². The van der Waals surface area contributed by atoms with E-state index in [1.165, 1.54) is 12.1 Å². The molecule has 1 N–H and O–H groups in total. The molecule has 0 amide bonds. The summed E-state index contributed by atoms with van der Waals surface area (Å²) in [5, 5.41) is 20.3. The molecule has 0 atom stereocenters. The number of aryl methyl sites for hydroxylation is 1. The number of hydrogen-bond acceptors (Lipinski definition) is 4. The molecule has 0 heterocycles. The largest absolute Gasteiger partial charge is 0.502 e. The quantitative estimate of drug-likeness (QED) is 0.522. The third-order valence-electron chi connectivity index (χ3n) is 3.75. The predicted molar refractivity (Wildman–Crippen MR) is 81.8 cm³/mol. The second-order valence-electron chi connectivity index (χ2n) is 5.16. The lowest BCUT2D eigenvalue weighted by molar-refractivity contribution is -0.385. The first-order chi connectivity index (χ1) is 10.6. The fourth-order valence-electron chi connectivity index (χ4n) is 2.63. The Balaban J connectivity index is 1.99. The first-order valence-electron chi connectivity index (χ1n) is 6.87. The predicted octanol–water partition coefficient (Wildman–Crippen LogP) is 3.51. The van der Waals surface area contributed by atoms with Gasteiger partial charge in [-0.1, -0.05) is 30.3 Å². The van der Waals surface area contributed by atoms with Crippen LogP contribution in [0.1, 0.15) is 27.9 Å². The molecule has 0 aromatic heterocycles. The van der Waals surface area contributed by atoms with Gasteiger partial charge < -0.3 is 5.11 Å². The van der Waals surface area contributed by atoms with Crippen molar-refractivity contribution in [2.45, 2.75) is 12.8 Å². The molecule has 5 nitrogen and oxygen atoms in total. The zero-order valence-electron chi connectivity index (χ0n) is 11.7. The van der Waals surface area contributed by atoms with Crippen LogP contribution in [0.15, 0.2) is 48.0 Å². The summed E-state index contributed by atoms with van der Waals surface area (Å²) in [5.74, 6) is -0.426. The SMILES string of the molecule is O=C1/C(=C/c2ccc(O)c([N+](=O)[O-])c2)CCc2ccccc21. The average molecular weight is 295 g/mol. The Bertz CT molecular complexity index is 808. The number of aromatic hydroxyl groups is 1. The topological polar surface area (TPSA) is 80.4 Å². The van der Waals surface area contributed by atoms with E-state index in [2.05, 4.69) is 0 Å². The van der Waals surface area contributed by atoms with Crippen molar-refractivity contribution in [2.24, 2.45) is 0 Å². The van der Waals surface area contributed by atoms with E-state index in [4.69, 9.17) is 0 Å². The number of nitro benzene ring substituents is 1. The molecule has 0 saturated heterocycles. The standard InChI is InChI=1S/C17H13NO4/c19-16-8-5-11(10-15(16)18(21)22)9-13-7-6-12-3-1-2-4-14(12)17(13)20/h1-5,8-10,19H,6-7H2/b13-9+. The van der Waals surface area contributed by atoms with Crippen LogP contribution in [0.4, 0.5) is 5.69 Å². The van der Waals surface area contributed by atoms with Crippen LogP contribution < -0.4 is 0 Å². The fraction of sp³-hybridized carbons (Fsp3) is 0.118. The maximum absolute atomic E-state index is 12.5. The minimum Gasteiger partial charge on any atom is -0.502 e. The van der Waals surface area contributed by atoms with Gasteiger partial charge in [-0.3, -0.25) is 14.9 Å². The van der Waals surface area contributed by atoms with Gasteiger partial charge in [0.2, 0.25) is 0 Å². The highest BCUT2D eigenvalue weighted by atomic mass is 16.6. The number of nitro groups is 1. The zero-order valence-corrected chi connectivity index (χ0v) is 11.7. The average Bonchev–Trinajstić information content (AvgIpc) is 2.52. The van der Waals surface area contributed by atoms with Crippen LogP contribution in [0.5, 0.6) is 5.75 Å². The summed E-state index contributed by atoms with van der Waals surface area (Å²) < 4.78 is 0. The summed E-state index contributed by atoms with van der Waals surface area (Å²) in [6.45, 7) is 0. The first kappa shape index (κ1) is 14.0. The van der Waals surface area contributed by atoms with Gasteiger partial charge in [0.05, 0.1) is 4.92 Å². The van der Waals surface area contributed by atoms with Crippen molar-refractivity contribution in [3.8, 4) is 5.75 Å². The van der Waals surface area contributed by atoms with Crippen LogP contribution in [0, 0.1) is 10.1 Å². The van der Waals surface area contributed by atoms with E-state index in [0.717, 1.165) is 12.0 Å². The van der Waals surface area contributed by atoms with E-state index >= 15 is 0 Å². The number of carbonyl (C=O) groups is 1. The van der Waals surface area contributed by atoms with Gasteiger partial charge in [-0.2, -0.15) is 0 Å². The number of rotatable bonds is 2. The molecule has 3 rings (SSSR count). The number of nitrogens with zero attached hydrogens (tertiary/aromatic N) is 1. The highest BCUT2D eigenvalue weighted by Gasteiger charge is 2.21. The third kappa shape index (κ3) is 2.48. The highest BCUT2D eigenvalue weighted by Crippen LogP contribution is 2.30. The number of allylic oxidation sites excluding steroid dienone is 1. The van der Waals surface area contributed by atoms with Crippen molar-refractivity contribution >= 4 is 17.5 Å². The molecular weight excluding hydrogens is 282 g/mol. The lowest BCUT2D eigenvalue weighted by atomic mass is 9.86. The van der Waals surface area contributed by atoms with Crippen LogP contribution in [0.25, 0.3) is 6.08 Å². The number of phenols is 1. The number of hydrogen-bond donors (Lipinski definition) is 1. The first-order valence-corrected chi connectivity index (χ1v) is 6.87. The van der Waals surface area contributed by atoms with Crippen LogP contribution in [0.2, 0.25) is 0 Å². The second kappa shape index (κ2) is 5.44.